The highest BCUT2D eigenvalue weighted by atomic mass is 32.1. The maximum absolute atomic E-state index is 13.3. The molecule has 0 aliphatic heterocycles. The van der Waals surface area contributed by atoms with Gasteiger partial charge in [0.1, 0.15) is 11.6 Å². The van der Waals surface area contributed by atoms with E-state index in [9.17, 15) is 8.78 Å². The number of nitrogens with zero attached hydrogens (tertiary/aromatic N) is 1. The highest BCUT2D eigenvalue weighted by Crippen LogP contribution is 2.18. The summed E-state index contributed by atoms with van der Waals surface area (Å²) in [6.07, 6.45) is 0.544. The largest absolute Gasteiger partial charge is 0.393 e. The first-order valence-corrected chi connectivity index (χ1v) is 6.98. The van der Waals surface area contributed by atoms with Crippen LogP contribution in [0.5, 0.6) is 0 Å². The number of hydrogen-bond acceptors (Lipinski definition) is 2. The van der Waals surface area contributed by atoms with E-state index in [1.807, 2.05) is 35.2 Å². The van der Waals surface area contributed by atoms with Crippen molar-refractivity contribution in [1.82, 2.24) is 0 Å². The summed E-state index contributed by atoms with van der Waals surface area (Å²) in [7, 11) is 0. The zero-order chi connectivity index (χ0) is 15.2. The minimum absolute atomic E-state index is 0.390. The molecule has 0 amide bonds. The number of thiocarbonyl (C=S) groups is 1. The van der Waals surface area contributed by atoms with Crippen LogP contribution in [0.3, 0.4) is 0 Å². The third-order valence-electron chi connectivity index (χ3n) is 3.05. The summed E-state index contributed by atoms with van der Waals surface area (Å²) in [4.78, 5) is 2.41. The van der Waals surface area contributed by atoms with E-state index in [-0.39, 0.29) is 0 Å². The first-order chi connectivity index (χ1) is 10.0. The van der Waals surface area contributed by atoms with Crippen LogP contribution in [-0.4, -0.2) is 11.5 Å². The third-order valence-corrected chi connectivity index (χ3v) is 3.25. The van der Waals surface area contributed by atoms with Crippen LogP contribution in [0.15, 0.2) is 48.5 Å². The summed E-state index contributed by atoms with van der Waals surface area (Å²) in [5, 5.41) is 0. The molecule has 0 radical (unpaired) electrons. The van der Waals surface area contributed by atoms with Crippen molar-refractivity contribution in [3.63, 3.8) is 0 Å². The van der Waals surface area contributed by atoms with Crippen molar-refractivity contribution in [2.45, 2.75) is 13.0 Å². The van der Waals surface area contributed by atoms with Gasteiger partial charge < -0.3 is 10.6 Å². The summed E-state index contributed by atoms with van der Waals surface area (Å²) in [6.45, 7) is 0.985. The molecule has 0 aromatic heterocycles. The van der Waals surface area contributed by atoms with Gasteiger partial charge in [-0.2, -0.15) is 0 Å². The molecule has 2 aromatic carbocycles. The molecule has 0 fully saturated rings. The Morgan fingerprint density at radius 3 is 2.24 bits per heavy atom. The number of hydrogen-bond donors (Lipinski definition) is 1. The predicted molar refractivity (Wildman–Crippen MR) is 85.3 cm³/mol. The average Bonchev–Trinajstić information content (AvgIpc) is 2.43. The second kappa shape index (κ2) is 7.13. The highest BCUT2D eigenvalue weighted by molar-refractivity contribution is 7.80. The fourth-order valence-electron chi connectivity index (χ4n) is 2.11. The normalized spacial score (nSPS) is 10.4. The molecule has 0 aliphatic carbocycles. The zero-order valence-corrected chi connectivity index (χ0v) is 12.2. The lowest BCUT2D eigenvalue weighted by Gasteiger charge is -2.25. The van der Waals surface area contributed by atoms with Crippen LogP contribution in [0.2, 0.25) is 0 Å². The van der Waals surface area contributed by atoms with Crippen molar-refractivity contribution < 1.29 is 8.78 Å². The molecule has 5 heteroatoms. The van der Waals surface area contributed by atoms with E-state index >= 15 is 0 Å². The Morgan fingerprint density at radius 2 is 1.67 bits per heavy atom. The first kappa shape index (κ1) is 15.4. The van der Waals surface area contributed by atoms with Gasteiger partial charge in [-0.05, 0) is 29.8 Å². The van der Waals surface area contributed by atoms with E-state index in [4.69, 9.17) is 18.0 Å². The lowest BCUT2D eigenvalue weighted by Crippen LogP contribution is -2.27. The van der Waals surface area contributed by atoms with Gasteiger partial charge in [-0.25, -0.2) is 8.78 Å². The van der Waals surface area contributed by atoms with Gasteiger partial charge in [0.25, 0.3) is 0 Å². The van der Waals surface area contributed by atoms with Crippen LogP contribution in [0, 0.1) is 11.6 Å². The minimum Gasteiger partial charge on any atom is -0.393 e. The van der Waals surface area contributed by atoms with Gasteiger partial charge in [0.05, 0.1) is 4.99 Å². The zero-order valence-electron chi connectivity index (χ0n) is 11.4. The Morgan fingerprint density at radius 1 is 1.05 bits per heavy atom. The average molecular weight is 306 g/mol. The number of rotatable bonds is 6. The number of halogens is 2. The standard InChI is InChI=1S/C16H16F2N2S/c17-13-8-12(9-14(18)10-13)11-20(7-6-16(19)21)15-4-2-1-3-5-15/h1-5,8-10H,6-7,11H2,(H2,19,21). The maximum Gasteiger partial charge on any atom is 0.126 e. The molecule has 0 saturated heterocycles. The van der Waals surface area contributed by atoms with Crippen molar-refractivity contribution in [3.8, 4) is 0 Å². The molecular formula is C16H16F2N2S. The predicted octanol–water partition coefficient (Wildman–Crippen LogP) is 3.65. The molecule has 0 atom stereocenters. The van der Waals surface area contributed by atoms with Crippen LogP contribution in [0.1, 0.15) is 12.0 Å². The van der Waals surface area contributed by atoms with E-state index < -0.39 is 11.6 Å². The lowest BCUT2D eigenvalue weighted by molar-refractivity contribution is 0.578. The Labute approximate surface area is 128 Å². The van der Waals surface area contributed by atoms with Gasteiger partial charge in [-0.3, -0.25) is 0 Å². The van der Waals surface area contributed by atoms with Crippen LogP contribution in [0.25, 0.3) is 0 Å². The number of nitrogens with two attached hydrogens (primary N) is 1. The fourth-order valence-corrected chi connectivity index (χ4v) is 2.20. The smallest absolute Gasteiger partial charge is 0.126 e. The monoisotopic (exact) mass is 306 g/mol. The van der Waals surface area contributed by atoms with Gasteiger partial charge in [0.2, 0.25) is 0 Å². The van der Waals surface area contributed by atoms with E-state index in [2.05, 4.69) is 0 Å². The second-order valence-electron chi connectivity index (χ2n) is 4.75. The van der Waals surface area contributed by atoms with E-state index in [1.54, 1.807) is 0 Å². The summed E-state index contributed by atoms with van der Waals surface area (Å²) in [5.41, 5.74) is 7.07. The molecule has 0 spiro atoms. The molecule has 0 heterocycles. The van der Waals surface area contributed by atoms with E-state index in [0.717, 1.165) is 11.8 Å². The molecule has 2 N–H and O–H groups in total. The van der Waals surface area contributed by atoms with Gasteiger partial charge in [-0.15, -0.1) is 0 Å². The van der Waals surface area contributed by atoms with Crippen molar-refractivity contribution in [1.29, 1.82) is 0 Å². The lowest BCUT2D eigenvalue weighted by atomic mass is 10.1. The molecule has 0 unspecified atom stereocenters. The van der Waals surface area contributed by atoms with E-state index in [0.29, 0.717) is 30.1 Å². The van der Waals surface area contributed by atoms with Crippen LogP contribution in [0.4, 0.5) is 14.5 Å². The summed E-state index contributed by atoms with van der Waals surface area (Å²) in [5.74, 6) is -1.15. The Bertz CT molecular complexity index is 597. The van der Waals surface area contributed by atoms with Gasteiger partial charge in [0.15, 0.2) is 0 Å². The summed E-state index contributed by atoms with van der Waals surface area (Å²) >= 11 is 4.90. The quantitative estimate of drug-likeness (QED) is 0.826. The molecule has 0 saturated carbocycles. The number of anilines is 1. The third kappa shape index (κ3) is 4.79. The Balaban J connectivity index is 2.20. The molecule has 110 valence electrons. The molecule has 2 rings (SSSR count). The summed E-state index contributed by atoms with van der Waals surface area (Å²) < 4.78 is 26.6. The Kier molecular flexibility index (Phi) is 5.22. The van der Waals surface area contributed by atoms with Crippen LogP contribution >= 0.6 is 12.2 Å². The van der Waals surface area contributed by atoms with Crippen molar-refractivity contribution in [3.05, 3.63) is 65.7 Å². The SMILES string of the molecule is NC(=S)CCN(Cc1cc(F)cc(F)c1)c1ccccc1. The van der Waals surface area contributed by atoms with E-state index in [1.165, 1.54) is 12.1 Å². The topological polar surface area (TPSA) is 29.3 Å². The Hall–Kier alpha value is -2.01. The first-order valence-electron chi connectivity index (χ1n) is 6.58. The maximum atomic E-state index is 13.3. The minimum atomic E-state index is -0.577. The fraction of sp³-hybridized carbons (Fsp3) is 0.188. The molecule has 2 nitrogen and oxygen atoms in total. The van der Waals surface area contributed by atoms with Gasteiger partial charge in [0, 0.05) is 31.3 Å². The van der Waals surface area contributed by atoms with Crippen LogP contribution < -0.4 is 10.6 Å². The molecule has 2 aromatic rings. The number of benzene rings is 2. The van der Waals surface area contributed by atoms with Crippen molar-refractivity contribution in [2.75, 3.05) is 11.4 Å². The molecule has 0 aliphatic rings. The second-order valence-corrected chi connectivity index (χ2v) is 5.28. The van der Waals surface area contributed by atoms with Gasteiger partial charge in [-0.1, -0.05) is 30.4 Å². The number of para-hydroxylation sites is 1. The van der Waals surface area contributed by atoms with Crippen molar-refractivity contribution >= 4 is 22.9 Å². The van der Waals surface area contributed by atoms with Crippen LogP contribution in [-0.2, 0) is 6.54 Å². The van der Waals surface area contributed by atoms with Gasteiger partial charge >= 0.3 is 0 Å². The van der Waals surface area contributed by atoms with Crippen molar-refractivity contribution in [2.24, 2.45) is 5.73 Å². The highest BCUT2D eigenvalue weighted by Gasteiger charge is 2.09. The summed E-state index contributed by atoms with van der Waals surface area (Å²) in [6, 6.07) is 13.1. The molecule has 21 heavy (non-hydrogen) atoms. The molecular weight excluding hydrogens is 290 g/mol. The molecule has 0 bridgehead atoms.